The number of nitrogens with zero attached hydrogens (tertiary/aromatic N) is 1. The molecule has 0 radical (unpaired) electrons. The maximum Gasteiger partial charge on any atom is 0.343 e. The van der Waals surface area contributed by atoms with Crippen LogP contribution in [0.4, 0.5) is 0 Å². The number of carbonyl (C=O) groups excluding carboxylic acids is 2. The second-order valence-electron chi connectivity index (χ2n) is 4.97. The van der Waals surface area contributed by atoms with Crippen molar-refractivity contribution in [3.8, 4) is 17.2 Å². The standard InChI is InChI=1S/C17H23NO6/c1-7-24-17(20)12(10-18(2)3)15(19)11-8-13(21-4)16(23-6)14(9-11)22-5/h8-10H,7H2,1-6H3/b12-10-. The molecule has 24 heavy (non-hydrogen) atoms. The molecule has 0 unspecified atom stereocenters. The van der Waals surface area contributed by atoms with Gasteiger partial charge >= 0.3 is 5.97 Å². The van der Waals surface area contributed by atoms with E-state index in [1.165, 1.54) is 39.7 Å². The highest BCUT2D eigenvalue weighted by Gasteiger charge is 2.24. The number of methoxy groups -OCH3 is 3. The van der Waals surface area contributed by atoms with E-state index < -0.39 is 11.8 Å². The predicted octanol–water partition coefficient (Wildman–Crippen LogP) is 1.90. The van der Waals surface area contributed by atoms with Crippen molar-refractivity contribution >= 4 is 11.8 Å². The Hall–Kier alpha value is -2.70. The minimum Gasteiger partial charge on any atom is -0.493 e. The summed E-state index contributed by atoms with van der Waals surface area (Å²) in [5, 5.41) is 0. The number of rotatable bonds is 8. The van der Waals surface area contributed by atoms with Crippen molar-refractivity contribution in [2.45, 2.75) is 6.92 Å². The van der Waals surface area contributed by atoms with Gasteiger partial charge in [-0.15, -0.1) is 0 Å². The Balaban J connectivity index is 3.41. The summed E-state index contributed by atoms with van der Waals surface area (Å²) in [5.74, 6) is -0.168. The molecule has 1 rings (SSSR count). The van der Waals surface area contributed by atoms with Crippen LogP contribution < -0.4 is 14.2 Å². The molecule has 0 saturated carbocycles. The number of hydrogen-bond acceptors (Lipinski definition) is 7. The van der Waals surface area contributed by atoms with Gasteiger partial charge in [0.05, 0.1) is 27.9 Å². The van der Waals surface area contributed by atoms with Crippen LogP contribution in [-0.2, 0) is 9.53 Å². The van der Waals surface area contributed by atoms with Crippen molar-refractivity contribution in [3.63, 3.8) is 0 Å². The number of Topliss-reactive ketones (excluding diaryl/α,β-unsaturated/α-hetero) is 1. The van der Waals surface area contributed by atoms with Crippen LogP contribution >= 0.6 is 0 Å². The normalized spacial score (nSPS) is 10.8. The monoisotopic (exact) mass is 337 g/mol. The summed E-state index contributed by atoms with van der Waals surface area (Å²) in [6.07, 6.45) is 1.42. The Morgan fingerprint density at radius 2 is 1.58 bits per heavy atom. The predicted molar refractivity (Wildman–Crippen MR) is 88.8 cm³/mol. The van der Waals surface area contributed by atoms with Gasteiger partial charge in [-0.3, -0.25) is 4.79 Å². The molecular formula is C17H23NO6. The van der Waals surface area contributed by atoms with Crippen molar-refractivity contribution in [1.82, 2.24) is 4.90 Å². The summed E-state index contributed by atoms with van der Waals surface area (Å²) < 4.78 is 20.7. The minimum absolute atomic E-state index is 0.0869. The fraction of sp³-hybridized carbons (Fsp3) is 0.412. The molecule has 1 aromatic carbocycles. The molecule has 0 bridgehead atoms. The van der Waals surface area contributed by atoms with E-state index in [0.717, 1.165) is 0 Å². The highest BCUT2D eigenvalue weighted by atomic mass is 16.5. The van der Waals surface area contributed by atoms with E-state index in [-0.39, 0.29) is 17.7 Å². The molecular weight excluding hydrogens is 314 g/mol. The Bertz CT molecular complexity index is 611. The van der Waals surface area contributed by atoms with E-state index in [2.05, 4.69) is 0 Å². The Morgan fingerprint density at radius 3 is 1.96 bits per heavy atom. The van der Waals surface area contributed by atoms with Crippen LogP contribution in [0.5, 0.6) is 17.2 Å². The van der Waals surface area contributed by atoms with Gasteiger partial charge in [-0.25, -0.2) is 4.79 Å². The smallest absolute Gasteiger partial charge is 0.343 e. The van der Waals surface area contributed by atoms with Gasteiger partial charge in [0.1, 0.15) is 5.57 Å². The molecule has 0 saturated heterocycles. The Morgan fingerprint density at radius 1 is 1.04 bits per heavy atom. The number of ether oxygens (including phenoxy) is 4. The van der Waals surface area contributed by atoms with E-state index in [1.54, 1.807) is 25.9 Å². The average molecular weight is 337 g/mol. The van der Waals surface area contributed by atoms with Crippen LogP contribution in [0.2, 0.25) is 0 Å². The van der Waals surface area contributed by atoms with Crippen LogP contribution in [0.15, 0.2) is 23.9 Å². The lowest BCUT2D eigenvalue weighted by Crippen LogP contribution is -2.19. The highest BCUT2D eigenvalue weighted by Crippen LogP contribution is 2.38. The second-order valence-corrected chi connectivity index (χ2v) is 4.97. The van der Waals surface area contributed by atoms with Gasteiger partial charge in [-0.2, -0.15) is 0 Å². The molecule has 0 aliphatic rings. The van der Waals surface area contributed by atoms with Crippen LogP contribution in [0.1, 0.15) is 17.3 Å². The first-order valence-electron chi connectivity index (χ1n) is 7.29. The minimum atomic E-state index is -0.690. The molecule has 0 N–H and O–H groups in total. The number of benzene rings is 1. The van der Waals surface area contributed by atoms with E-state index in [0.29, 0.717) is 17.2 Å². The van der Waals surface area contributed by atoms with Crippen molar-refractivity contribution in [3.05, 3.63) is 29.5 Å². The number of hydrogen-bond donors (Lipinski definition) is 0. The number of esters is 1. The first-order valence-corrected chi connectivity index (χ1v) is 7.29. The molecule has 0 aromatic heterocycles. The molecule has 7 heteroatoms. The zero-order chi connectivity index (χ0) is 18.3. The van der Waals surface area contributed by atoms with Crippen LogP contribution in [-0.4, -0.2) is 58.7 Å². The molecule has 0 fully saturated rings. The average Bonchev–Trinajstić information content (AvgIpc) is 2.57. The fourth-order valence-electron chi connectivity index (χ4n) is 2.04. The van der Waals surface area contributed by atoms with Crippen molar-refractivity contribution in [2.24, 2.45) is 0 Å². The third-order valence-electron chi connectivity index (χ3n) is 3.05. The zero-order valence-corrected chi connectivity index (χ0v) is 14.8. The first kappa shape index (κ1) is 19.3. The zero-order valence-electron chi connectivity index (χ0n) is 14.8. The van der Waals surface area contributed by atoms with Crippen molar-refractivity contribution in [2.75, 3.05) is 42.0 Å². The molecule has 7 nitrogen and oxygen atoms in total. The lowest BCUT2D eigenvalue weighted by atomic mass is 10.0. The largest absolute Gasteiger partial charge is 0.493 e. The summed E-state index contributed by atoms with van der Waals surface area (Å²) in [5.41, 5.74) is 0.141. The van der Waals surface area contributed by atoms with Gasteiger partial charge in [0.2, 0.25) is 11.5 Å². The van der Waals surface area contributed by atoms with Crippen LogP contribution in [0, 0.1) is 0 Å². The van der Waals surface area contributed by atoms with Gasteiger partial charge < -0.3 is 23.8 Å². The highest BCUT2D eigenvalue weighted by molar-refractivity contribution is 6.24. The Labute approximate surface area is 141 Å². The Kier molecular flexibility index (Phi) is 7.10. The lowest BCUT2D eigenvalue weighted by Gasteiger charge is -2.15. The summed E-state index contributed by atoms with van der Waals surface area (Å²) >= 11 is 0. The number of ketones is 1. The summed E-state index contributed by atoms with van der Waals surface area (Å²) in [4.78, 5) is 26.5. The van der Waals surface area contributed by atoms with Crippen LogP contribution in [0.25, 0.3) is 0 Å². The molecule has 0 spiro atoms. The van der Waals surface area contributed by atoms with E-state index in [9.17, 15) is 9.59 Å². The molecule has 0 aliphatic carbocycles. The summed E-state index contributed by atoms with van der Waals surface area (Å²) in [6.45, 7) is 1.85. The van der Waals surface area contributed by atoms with Gasteiger partial charge in [0, 0.05) is 25.9 Å². The summed E-state index contributed by atoms with van der Waals surface area (Å²) in [7, 11) is 7.79. The maximum atomic E-state index is 12.8. The van der Waals surface area contributed by atoms with Crippen molar-refractivity contribution in [1.29, 1.82) is 0 Å². The molecule has 0 heterocycles. The van der Waals surface area contributed by atoms with E-state index in [4.69, 9.17) is 18.9 Å². The molecule has 0 amide bonds. The molecule has 132 valence electrons. The van der Waals surface area contributed by atoms with Gasteiger partial charge in [0.25, 0.3) is 0 Å². The lowest BCUT2D eigenvalue weighted by molar-refractivity contribution is -0.138. The summed E-state index contributed by atoms with van der Waals surface area (Å²) in [6, 6.07) is 2.98. The third kappa shape index (κ3) is 4.41. The van der Waals surface area contributed by atoms with Crippen molar-refractivity contribution < 1.29 is 28.5 Å². The number of carbonyl (C=O) groups is 2. The second kappa shape index (κ2) is 8.81. The van der Waals surface area contributed by atoms with Gasteiger partial charge in [0.15, 0.2) is 11.5 Å². The molecule has 0 atom stereocenters. The topological polar surface area (TPSA) is 74.3 Å². The van der Waals surface area contributed by atoms with Crippen LogP contribution in [0.3, 0.4) is 0 Å². The van der Waals surface area contributed by atoms with E-state index >= 15 is 0 Å². The van der Waals surface area contributed by atoms with E-state index in [1.807, 2.05) is 0 Å². The maximum absolute atomic E-state index is 12.8. The van der Waals surface area contributed by atoms with Gasteiger partial charge in [-0.1, -0.05) is 0 Å². The third-order valence-corrected chi connectivity index (χ3v) is 3.05. The molecule has 0 aliphatic heterocycles. The quantitative estimate of drug-likeness (QED) is 0.236. The molecule has 1 aromatic rings. The SMILES string of the molecule is CCOC(=O)/C(=C\N(C)C)C(=O)c1cc(OC)c(OC)c(OC)c1. The first-order chi connectivity index (χ1) is 11.4. The van der Waals surface area contributed by atoms with Gasteiger partial charge in [-0.05, 0) is 19.1 Å². The fourth-order valence-corrected chi connectivity index (χ4v) is 2.04.